The van der Waals surface area contributed by atoms with Crippen molar-refractivity contribution in [3.8, 4) is 21.1 Å². The van der Waals surface area contributed by atoms with E-state index in [2.05, 4.69) is 31.6 Å². The number of anilines is 2. The smallest absolute Gasteiger partial charge is 0.434 e. The van der Waals surface area contributed by atoms with Crippen LogP contribution in [0.3, 0.4) is 0 Å². The summed E-state index contributed by atoms with van der Waals surface area (Å²) in [6.45, 7) is 4.63. The minimum absolute atomic E-state index is 0.187. The Morgan fingerprint density at radius 3 is 1.65 bits per heavy atom. The molecule has 2 amide bonds. The fourth-order valence-electron chi connectivity index (χ4n) is 6.16. The number of hydrogen-bond acceptors (Lipinski definition) is 10. The lowest BCUT2D eigenvalue weighted by Gasteiger charge is -2.23. The van der Waals surface area contributed by atoms with Crippen molar-refractivity contribution in [2.45, 2.75) is 57.0 Å². The maximum atomic E-state index is 12.8. The number of ether oxygens (including phenoxy) is 2. The Bertz CT molecular complexity index is 1770. The third kappa shape index (κ3) is 10.5. The zero-order valence-electron chi connectivity index (χ0n) is 28.7. The average molecular weight is 757 g/mol. The second-order valence-corrected chi connectivity index (χ2v) is 14.9. The predicted molar refractivity (Wildman–Crippen MR) is 198 cm³/mol. The van der Waals surface area contributed by atoms with Crippen LogP contribution in [0.2, 0.25) is 0 Å². The maximum Gasteiger partial charge on any atom is 0.434 e. The molecule has 2 saturated heterocycles. The molecule has 4 heterocycles. The summed E-state index contributed by atoms with van der Waals surface area (Å²) in [5, 5.41) is 16.3. The van der Waals surface area contributed by atoms with Gasteiger partial charge in [0.1, 0.15) is 10.0 Å². The molecule has 4 aromatic rings. The van der Waals surface area contributed by atoms with E-state index in [-0.39, 0.29) is 11.1 Å². The Kier molecular flexibility index (Phi) is 13.1. The number of alkyl halides is 3. The molecule has 10 nitrogen and oxygen atoms in total. The van der Waals surface area contributed by atoms with Gasteiger partial charge in [0.2, 0.25) is 0 Å². The largest absolute Gasteiger partial charge is 0.449 e. The van der Waals surface area contributed by atoms with Crippen LogP contribution < -0.4 is 21.3 Å². The van der Waals surface area contributed by atoms with Crippen LogP contribution in [0.4, 0.5) is 34.1 Å². The van der Waals surface area contributed by atoms with Crippen LogP contribution >= 0.6 is 22.7 Å². The number of piperidine rings is 2. The molecule has 7 rings (SSSR count). The molecule has 278 valence electrons. The van der Waals surface area contributed by atoms with E-state index in [1.54, 1.807) is 35.6 Å². The minimum Gasteiger partial charge on any atom is -0.449 e. The summed E-state index contributed by atoms with van der Waals surface area (Å²) in [6.07, 6.45) is 2.31. The van der Waals surface area contributed by atoms with Crippen LogP contribution in [0.5, 0.6) is 0 Å². The lowest BCUT2D eigenvalue weighted by molar-refractivity contribution is -0.140. The van der Waals surface area contributed by atoms with Crippen molar-refractivity contribution in [3.05, 3.63) is 70.7 Å². The van der Waals surface area contributed by atoms with Gasteiger partial charge >= 0.3 is 18.4 Å². The number of nitrogens with zero attached hydrogens (tertiary/aromatic N) is 2. The highest BCUT2D eigenvalue weighted by atomic mass is 32.1. The van der Waals surface area contributed by atoms with E-state index in [0.717, 1.165) is 84.8 Å². The number of rotatable bonds is 9. The SMILES string of the molecule is O=C(Nc1ccccc1-c1nc(C(F)(F)F)cs1)OCC1CCNCC1.O=C(Nc1ccccc1-c1nc(C2CCC2)cs1)OCC1CCNCC1. The Hall–Kier alpha value is -4.05. The lowest BCUT2D eigenvalue weighted by atomic mass is 9.83. The van der Waals surface area contributed by atoms with Gasteiger partial charge in [-0.05, 0) is 101 Å². The topological polar surface area (TPSA) is 126 Å². The molecule has 4 N–H and O–H groups in total. The van der Waals surface area contributed by atoms with Gasteiger partial charge in [-0.1, -0.05) is 30.7 Å². The van der Waals surface area contributed by atoms with Gasteiger partial charge in [0.25, 0.3) is 0 Å². The van der Waals surface area contributed by atoms with Gasteiger partial charge in [0.15, 0.2) is 5.69 Å². The van der Waals surface area contributed by atoms with Crippen molar-refractivity contribution >= 4 is 46.2 Å². The molecule has 15 heteroatoms. The van der Waals surface area contributed by atoms with Crippen LogP contribution in [0, 0.1) is 11.8 Å². The molecule has 3 aliphatic rings. The monoisotopic (exact) mass is 756 g/mol. The normalized spacial score (nSPS) is 17.0. The summed E-state index contributed by atoms with van der Waals surface area (Å²) in [6, 6.07) is 14.4. The zero-order chi connectivity index (χ0) is 36.3. The number of para-hydroxylation sites is 2. The molecule has 2 aromatic heterocycles. The summed E-state index contributed by atoms with van der Waals surface area (Å²) < 4.78 is 49.0. The molecule has 0 radical (unpaired) electrons. The molecule has 0 spiro atoms. The Labute approximate surface area is 308 Å². The number of carbonyl (C=O) groups excluding carboxylic acids is 2. The number of carbonyl (C=O) groups is 2. The van der Waals surface area contributed by atoms with Crippen LogP contribution in [0.1, 0.15) is 62.3 Å². The van der Waals surface area contributed by atoms with Gasteiger partial charge in [-0.2, -0.15) is 13.2 Å². The molecule has 3 fully saturated rings. The van der Waals surface area contributed by atoms with Crippen LogP contribution in [0.25, 0.3) is 21.1 Å². The van der Waals surface area contributed by atoms with E-state index in [0.29, 0.717) is 42.2 Å². The van der Waals surface area contributed by atoms with E-state index in [4.69, 9.17) is 14.5 Å². The molecule has 0 atom stereocenters. The third-order valence-corrected chi connectivity index (χ3v) is 11.2. The first-order chi connectivity index (χ1) is 25.2. The summed E-state index contributed by atoms with van der Waals surface area (Å²) in [5.74, 6) is 1.40. The second-order valence-electron chi connectivity index (χ2n) is 13.2. The predicted octanol–water partition coefficient (Wildman–Crippen LogP) is 9.00. The van der Waals surface area contributed by atoms with Crippen molar-refractivity contribution in [1.82, 2.24) is 20.6 Å². The highest BCUT2D eigenvalue weighted by Gasteiger charge is 2.34. The zero-order valence-corrected chi connectivity index (χ0v) is 30.3. The fourth-order valence-corrected chi connectivity index (χ4v) is 7.97. The van der Waals surface area contributed by atoms with Gasteiger partial charge in [0, 0.05) is 27.8 Å². The summed E-state index contributed by atoms with van der Waals surface area (Å²) in [4.78, 5) is 32.7. The van der Waals surface area contributed by atoms with E-state index in [1.807, 2.05) is 24.3 Å². The maximum absolute atomic E-state index is 12.8. The average Bonchev–Trinajstić information content (AvgIpc) is 3.82. The third-order valence-electron chi connectivity index (χ3n) is 9.45. The van der Waals surface area contributed by atoms with Crippen molar-refractivity contribution in [3.63, 3.8) is 0 Å². The molecule has 1 aliphatic carbocycles. The molecule has 52 heavy (non-hydrogen) atoms. The van der Waals surface area contributed by atoms with Crippen molar-refractivity contribution in [1.29, 1.82) is 0 Å². The number of amides is 2. The molecule has 0 unspecified atom stereocenters. The number of nitrogens with one attached hydrogen (secondary N) is 4. The molecule has 1 saturated carbocycles. The summed E-state index contributed by atoms with van der Waals surface area (Å²) in [7, 11) is 0. The van der Waals surface area contributed by atoms with E-state index < -0.39 is 18.0 Å². The van der Waals surface area contributed by atoms with Gasteiger partial charge in [-0.25, -0.2) is 19.6 Å². The molecule has 0 bridgehead atoms. The number of aromatic nitrogens is 2. The summed E-state index contributed by atoms with van der Waals surface area (Å²) >= 11 is 2.52. The van der Waals surface area contributed by atoms with Gasteiger partial charge < -0.3 is 20.1 Å². The Morgan fingerprint density at radius 2 is 1.19 bits per heavy atom. The van der Waals surface area contributed by atoms with Gasteiger partial charge in [-0.3, -0.25) is 10.6 Å². The Balaban J connectivity index is 0.000000179. The first-order valence-electron chi connectivity index (χ1n) is 17.7. The number of benzene rings is 2. The molecular weight excluding hydrogens is 714 g/mol. The van der Waals surface area contributed by atoms with Crippen molar-refractivity contribution in [2.75, 3.05) is 50.0 Å². The van der Waals surface area contributed by atoms with Gasteiger partial charge in [0.05, 0.1) is 30.3 Å². The first kappa shape index (κ1) is 37.7. The minimum atomic E-state index is -4.50. The van der Waals surface area contributed by atoms with Crippen molar-refractivity contribution in [2.24, 2.45) is 11.8 Å². The number of hydrogen-bond donors (Lipinski definition) is 4. The first-order valence-corrected chi connectivity index (χ1v) is 19.4. The fraction of sp³-hybridized carbons (Fsp3) is 0.459. The highest BCUT2D eigenvalue weighted by Crippen LogP contribution is 2.40. The van der Waals surface area contributed by atoms with Crippen LogP contribution in [-0.2, 0) is 15.7 Å². The molecule has 2 aliphatic heterocycles. The van der Waals surface area contributed by atoms with E-state index in [9.17, 15) is 22.8 Å². The summed E-state index contributed by atoms with van der Waals surface area (Å²) in [5.41, 5.74) is 2.76. The molecular formula is C37H43F3N6O4S2. The number of halogens is 3. The van der Waals surface area contributed by atoms with Crippen LogP contribution in [0.15, 0.2) is 59.3 Å². The van der Waals surface area contributed by atoms with E-state index >= 15 is 0 Å². The lowest BCUT2D eigenvalue weighted by Crippen LogP contribution is -2.31. The highest BCUT2D eigenvalue weighted by molar-refractivity contribution is 7.13. The quantitative estimate of drug-likeness (QED) is 0.133. The number of thiazole rings is 2. The standard InChI is InChI=1S/C20H25N3O2S.C17H18F3N3O2S/c24-20(25-12-14-8-10-21-11-9-14)23-17-7-2-1-6-16(17)19-22-18(13-26-19)15-4-3-5-15;18-17(19,20)14-10-26-15(23-14)12-3-1-2-4-13(12)22-16(24)25-9-11-5-7-21-8-6-11/h1-2,6-7,13-15,21H,3-5,8-12H2,(H,23,24);1-4,10-11,21H,5-9H2,(H,22,24). The van der Waals surface area contributed by atoms with Crippen LogP contribution in [-0.4, -0.2) is 61.5 Å². The van der Waals surface area contributed by atoms with E-state index in [1.165, 1.54) is 25.0 Å². The Morgan fingerprint density at radius 1 is 0.712 bits per heavy atom. The van der Waals surface area contributed by atoms with Crippen molar-refractivity contribution < 1.29 is 32.2 Å². The van der Waals surface area contributed by atoms with Gasteiger partial charge in [-0.15, -0.1) is 22.7 Å². The molecule has 2 aromatic carbocycles. The second kappa shape index (κ2) is 18.1.